The van der Waals surface area contributed by atoms with Crippen molar-refractivity contribution in [2.75, 3.05) is 25.6 Å². The number of hydrogen-bond acceptors (Lipinski definition) is 2. The minimum atomic E-state index is -0.558. The van der Waals surface area contributed by atoms with Crippen LogP contribution in [-0.2, 0) is 4.74 Å². The molecule has 0 unspecified atom stereocenters. The summed E-state index contributed by atoms with van der Waals surface area (Å²) in [5.74, 6) is -1.08. The Morgan fingerprint density at radius 3 is 2.88 bits per heavy atom. The van der Waals surface area contributed by atoms with Gasteiger partial charge < -0.3 is 15.4 Å². The molecule has 0 spiro atoms. The van der Waals surface area contributed by atoms with E-state index in [0.717, 1.165) is 18.2 Å². The molecule has 3 nitrogen and oxygen atoms in total. The minimum absolute atomic E-state index is 0.00918. The minimum Gasteiger partial charge on any atom is -0.383 e. The fourth-order valence-electron chi connectivity index (χ4n) is 1.03. The van der Waals surface area contributed by atoms with Gasteiger partial charge in [0.05, 0.1) is 12.3 Å². The molecule has 2 N–H and O–H groups in total. The molecular weight excluding hydrogens is 234 g/mol. The van der Waals surface area contributed by atoms with Crippen molar-refractivity contribution in [3.63, 3.8) is 0 Å². The molecule has 0 saturated carbocycles. The first kappa shape index (κ1) is 12.8. The molecule has 1 rings (SSSR count). The third-order valence-electron chi connectivity index (χ3n) is 1.77. The molecule has 0 aliphatic rings. The zero-order chi connectivity index (χ0) is 12.0. The van der Waals surface area contributed by atoms with Gasteiger partial charge in [-0.1, -0.05) is 0 Å². The maximum atomic E-state index is 13.2. The molecule has 0 saturated heterocycles. The number of anilines is 1. The topological polar surface area (TPSA) is 33.3 Å². The maximum Gasteiger partial charge on any atom is 0.170 e. The summed E-state index contributed by atoms with van der Waals surface area (Å²) < 4.78 is 30.8. The SMILES string of the molecule is COCCNC(=S)Nc1cc(F)ccc1F. The van der Waals surface area contributed by atoms with Crippen molar-refractivity contribution < 1.29 is 13.5 Å². The second-order valence-electron chi connectivity index (χ2n) is 3.00. The molecule has 0 fully saturated rings. The number of ether oxygens (including phenoxy) is 1. The van der Waals surface area contributed by atoms with E-state index in [9.17, 15) is 8.78 Å². The molecular formula is C10H12F2N2OS. The molecule has 0 heterocycles. The average molecular weight is 246 g/mol. The monoisotopic (exact) mass is 246 g/mol. The summed E-state index contributed by atoms with van der Waals surface area (Å²) in [4.78, 5) is 0. The van der Waals surface area contributed by atoms with Crippen molar-refractivity contribution in [3.8, 4) is 0 Å². The lowest BCUT2D eigenvalue weighted by molar-refractivity contribution is 0.204. The highest BCUT2D eigenvalue weighted by molar-refractivity contribution is 7.80. The van der Waals surface area contributed by atoms with Crippen LogP contribution in [0.25, 0.3) is 0 Å². The van der Waals surface area contributed by atoms with Gasteiger partial charge in [0.2, 0.25) is 0 Å². The Hall–Kier alpha value is -1.27. The van der Waals surface area contributed by atoms with Gasteiger partial charge in [-0.05, 0) is 24.4 Å². The highest BCUT2D eigenvalue weighted by atomic mass is 32.1. The van der Waals surface area contributed by atoms with Crippen molar-refractivity contribution >= 4 is 23.0 Å². The Balaban J connectivity index is 2.52. The number of methoxy groups -OCH3 is 1. The molecule has 0 aromatic heterocycles. The van der Waals surface area contributed by atoms with Crippen LogP contribution in [0.15, 0.2) is 18.2 Å². The average Bonchev–Trinajstić information content (AvgIpc) is 2.24. The van der Waals surface area contributed by atoms with E-state index in [1.807, 2.05) is 0 Å². The largest absolute Gasteiger partial charge is 0.383 e. The van der Waals surface area contributed by atoms with E-state index in [2.05, 4.69) is 10.6 Å². The van der Waals surface area contributed by atoms with Gasteiger partial charge in [0.15, 0.2) is 5.11 Å². The fraction of sp³-hybridized carbons (Fsp3) is 0.300. The number of halogens is 2. The van der Waals surface area contributed by atoms with E-state index >= 15 is 0 Å². The first-order valence-corrected chi connectivity index (χ1v) is 5.03. The van der Waals surface area contributed by atoms with Crippen LogP contribution in [0, 0.1) is 11.6 Å². The van der Waals surface area contributed by atoms with Crippen LogP contribution in [0.5, 0.6) is 0 Å². The van der Waals surface area contributed by atoms with Crippen LogP contribution in [0.1, 0.15) is 0 Å². The first-order valence-electron chi connectivity index (χ1n) is 4.62. The summed E-state index contributed by atoms with van der Waals surface area (Å²) in [6.45, 7) is 0.979. The molecule has 0 aliphatic carbocycles. The summed E-state index contributed by atoms with van der Waals surface area (Å²) in [5.41, 5.74) is 0.00918. The van der Waals surface area contributed by atoms with Crippen molar-refractivity contribution in [1.82, 2.24) is 5.32 Å². The van der Waals surface area contributed by atoms with Crippen molar-refractivity contribution in [3.05, 3.63) is 29.8 Å². The summed E-state index contributed by atoms with van der Waals surface area (Å²) in [7, 11) is 1.56. The van der Waals surface area contributed by atoms with Gasteiger partial charge in [-0.15, -0.1) is 0 Å². The molecule has 0 aliphatic heterocycles. The van der Waals surface area contributed by atoms with Crippen LogP contribution >= 0.6 is 12.2 Å². The second-order valence-corrected chi connectivity index (χ2v) is 3.41. The van der Waals surface area contributed by atoms with Crippen LogP contribution in [0.4, 0.5) is 14.5 Å². The smallest absolute Gasteiger partial charge is 0.170 e. The molecule has 0 atom stereocenters. The molecule has 16 heavy (non-hydrogen) atoms. The summed E-state index contributed by atoms with van der Waals surface area (Å²) in [6.07, 6.45) is 0. The van der Waals surface area contributed by atoms with Gasteiger partial charge in [-0.2, -0.15) is 0 Å². The maximum absolute atomic E-state index is 13.2. The van der Waals surface area contributed by atoms with Gasteiger partial charge in [-0.3, -0.25) is 0 Å². The lowest BCUT2D eigenvalue weighted by Gasteiger charge is -2.10. The third-order valence-corrected chi connectivity index (χ3v) is 2.01. The van der Waals surface area contributed by atoms with Gasteiger partial charge >= 0.3 is 0 Å². The fourth-order valence-corrected chi connectivity index (χ4v) is 1.24. The molecule has 1 aromatic carbocycles. The van der Waals surface area contributed by atoms with Gasteiger partial charge in [-0.25, -0.2) is 8.78 Å². The predicted octanol–water partition coefficient (Wildman–Crippen LogP) is 1.90. The molecule has 6 heteroatoms. The molecule has 1 aromatic rings. The Kier molecular flexibility index (Phi) is 5.07. The second kappa shape index (κ2) is 6.34. The van der Waals surface area contributed by atoms with Crippen LogP contribution < -0.4 is 10.6 Å². The molecule has 88 valence electrons. The highest BCUT2D eigenvalue weighted by Gasteiger charge is 2.04. The number of hydrogen-bond donors (Lipinski definition) is 2. The van der Waals surface area contributed by atoms with E-state index in [0.29, 0.717) is 13.2 Å². The van der Waals surface area contributed by atoms with Gasteiger partial charge in [0.25, 0.3) is 0 Å². The Labute approximate surface area is 97.8 Å². The third kappa shape index (κ3) is 4.08. The molecule has 0 amide bonds. The van der Waals surface area contributed by atoms with Crippen molar-refractivity contribution in [1.29, 1.82) is 0 Å². The number of rotatable bonds is 4. The van der Waals surface area contributed by atoms with Crippen LogP contribution in [0.2, 0.25) is 0 Å². The van der Waals surface area contributed by atoms with Crippen molar-refractivity contribution in [2.45, 2.75) is 0 Å². The summed E-state index contributed by atoms with van der Waals surface area (Å²) >= 11 is 4.89. The van der Waals surface area contributed by atoms with Crippen LogP contribution in [0.3, 0.4) is 0 Å². The zero-order valence-corrected chi connectivity index (χ0v) is 9.54. The van der Waals surface area contributed by atoms with E-state index in [1.54, 1.807) is 7.11 Å². The first-order chi connectivity index (χ1) is 7.63. The Bertz CT molecular complexity index is 374. The van der Waals surface area contributed by atoms with Crippen molar-refractivity contribution in [2.24, 2.45) is 0 Å². The lowest BCUT2D eigenvalue weighted by Crippen LogP contribution is -2.31. The Morgan fingerprint density at radius 1 is 1.44 bits per heavy atom. The number of nitrogens with one attached hydrogen (secondary N) is 2. The van der Waals surface area contributed by atoms with E-state index in [1.165, 1.54) is 0 Å². The number of thiocarbonyl (C=S) groups is 1. The lowest BCUT2D eigenvalue weighted by atomic mass is 10.3. The van der Waals surface area contributed by atoms with Crippen LogP contribution in [-0.4, -0.2) is 25.4 Å². The standard InChI is InChI=1S/C10H12F2N2OS/c1-15-5-4-13-10(16)14-9-6-7(11)2-3-8(9)12/h2-3,6H,4-5H2,1H3,(H2,13,14,16). The molecule has 0 bridgehead atoms. The quantitative estimate of drug-likeness (QED) is 0.628. The molecule has 0 radical (unpaired) electrons. The van der Waals surface area contributed by atoms with E-state index in [4.69, 9.17) is 17.0 Å². The number of benzene rings is 1. The van der Waals surface area contributed by atoms with E-state index in [-0.39, 0.29) is 10.8 Å². The Morgan fingerprint density at radius 2 is 2.19 bits per heavy atom. The van der Waals surface area contributed by atoms with Gasteiger partial charge in [0, 0.05) is 19.7 Å². The zero-order valence-electron chi connectivity index (χ0n) is 8.72. The normalized spacial score (nSPS) is 9.94. The van der Waals surface area contributed by atoms with Gasteiger partial charge in [0.1, 0.15) is 11.6 Å². The highest BCUT2D eigenvalue weighted by Crippen LogP contribution is 2.14. The van der Waals surface area contributed by atoms with E-state index < -0.39 is 11.6 Å². The summed E-state index contributed by atoms with van der Waals surface area (Å²) in [6, 6.07) is 3.12. The predicted molar refractivity (Wildman–Crippen MR) is 62.5 cm³/mol. The summed E-state index contributed by atoms with van der Waals surface area (Å²) in [5, 5.41) is 5.57.